The summed E-state index contributed by atoms with van der Waals surface area (Å²) in [5.74, 6) is 0.158. The van der Waals surface area contributed by atoms with Gasteiger partial charge < -0.3 is 0 Å². The molecule has 100 valence electrons. The van der Waals surface area contributed by atoms with E-state index in [1.807, 2.05) is 0 Å². The van der Waals surface area contributed by atoms with Crippen molar-refractivity contribution in [2.24, 2.45) is 0 Å². The number of halogens is 5. The molecule has 0 unspecified atom stereocenters. The molecule has 0 atom stereocenters. The van der Waals surface area contributed by atoms with Crippen LogP contribution in [0.4, 0.5) is 8.78 Å². The van der Waals surface area contributed by atoms with Crippen molar-refractivity contribution in [3.05, 3.63) is 45.1 Å². The maximum atomic E-state index is 12.9. The van der Waals surface area contributed by atoms with Crippen LogP contribution in [0.5, 0.6) is 0 Å². The molecule has 1 heterocycles. The highest BCUT2D eigenvalue weighted by Gasteiger charge is 2.17. The number of aromatic nitrogens is 2. The van der Waals surface area contributed by atoms with E-state index < -0.39 is 6.43 Å². The molecular weight excluding hydrogens is 361 g/mol. The summed E-state index contributed by atoms with van der Waals surface area (Å²) in [7, 11) is 0. The Morgan fingerprint density at radius 2 is 2.05 bits per heavy atom. The molecule has 19 heavy (non-hydrogen) atoms. The van der Waals surface area contributed by atoms with Gasteiger partial charge in [-0.3, -0.25) is 0 Å². The maximum absolute atomic E-state index is 12.9. The zero-order valence-corrected chi connectivity index (χ0v) is 12.5. The monoisotopic (exact) mass is 366 g/mol. The van der Waals surface area contributed by atoms with Crippen LogP contribution in [0.25, 0.3) is 11.4 Å². The number of alkyl halides is 3. The lowest BCUT2D eigenvalue weighted by atomic mass is 10.2. The van der Waals surface area contributed by atoms with Gasteiger partial charge in [0.15, 0.2) is 5.82 Å². The molecule has 0 aliphatic rings. The Bertz CT molecular complexity index is 608. The van der Waals surface area contributed by atoms with Gasteiger partial charge in [0.2, 0.25) is 0 Å². The van der Waals surface area contributed by atoms with Gasteiger partial charge in [0.05, 0.1) is 10.9 Å². The minimum atomic E-state index is -2.69. The van der Waals surface area contributed by atoms with Gasteiger partial charge in [0.25, 0.3) is 6.43 Å². The third kappa shape index (κ3) is 3.22. The van der Waals surface area contributed by atoms with Crippen LogP contribution in [0.3, 0.4) is 0 Å². The molecule has 0 amide bonds. The van der Waals surface area contributed by atoms with E-state index in [9.17, 15) is 8.78 Å². The molecule has 0 aliphatic heterocycles. The van der Waals surface area contributed by atoms with Crippen molar-refractivity contribution in [3.63, 3.8) is 0 Å². The van der Waals surface area contributed by atoms with Crippen molar-refractivity contribution in [1.29, 1.82) is 0 Å². The summed E-state index contributed by atoms with van der Waals surface area (Å²) in [6.45, 7) is 0. The summed E-state index contributed by atoms with van der Waals surface area (Å²) >= 11 is 14.7. The van der Waals surface area contributed by atoms with Gasteiger partial charge in [-0.05, 0) is 34.1 Å². The zero-order valence-electron chi connectivity index (χ0n) is 9.38. The number of benzene rings is 1. The van der Waals surface area contributed by atoms with E-state index in [-0.39, 0.29) is 23.0 Å². The largest absolute Gasteiger partial charge is 0.280 e. The number of hydrogen-bond acceptors (Lipinski definition) is 2. The first-order valence-electron chi connectivity index (χ1n) is 5.18. The summed E-state index contributed by atoms with van der Waals surface area (Å²) < 4.78 is 26.4. The summed E-state index contributed by atoms with van der Waals surface area (Å²) in [5, 5.41) is 0.523. The second kappa shape index (κ2) is 6.11. The fraction of sp³-hybridized carbons (Fsp3) is 0.167. The number of hydrogen-bond donors (Lipinski definition) is 0. The molecular formula is C12H7BrCl2F2N2. The molecule has 0 N–H and O–H groups in total. The van der Waals surface area contributed by atoms with E-state index in [1.165, 1.54) is 6.20 Å². The maximum Gasteiger partial charge on any atom is 0.280 e. The van der Waals surface area contributed by atoms with E-state index in [1.54, 1.807) is 18.2 Å². The summed E-state index contributed by atoms with van der Waals surface area (Å²) in [6, 6.07) is 4.98. The first kappa shape index (κ1) is 14.6. The summed E-state index contributed by atoms with van der Waals surface area (Å²) in [6.07, 6.45) is -1.37. The van der Waals surface area contributed by atoms with Gasteiger partial charge >= 0.3 is 0 Å². The van der Waals surface area contributed by atoms with Crippen LogP contribution < -0.4 is 0 Å². The van der Waals surface area contributed by atoms with E-state index in [2.05, 4.69) is 25.9 Å². The van der Waals surface area contributed by atoms with Gasteiger partial charge in [0, 0.05) is 21.8 Å². The normalized spacial score (nSPS) is 11.1. The predicted octanol–water partition coefficient (Wildman–Crippen LogP) is 5.24. The van der Waals surface area contributed by atoms with Crippen LogP contribution in [0.1, 0.15) is 17.7 Å². The van der Waals surface area contributed by atoms with Crippen molar-refractivity contribution in [2.75, 3.05) is 0 Å². The lowest BCUT2D eigenvalue weighted by molar-refractivity contribution is 0.145. The van der Waals surface area contributed by atoms with E-state index in [0.29, 0.717) is 15.1 Å². The van der Waals surface area contributed by atoms with Gasteiger partial charge in [-0.15, -0.1) is 11.6 Å². The molecule has 1 aromatic carbocycles. The minimum absolute atomic E-state index is 0.0513. The molecule has 2 nitrogen and oxygen atoms in total. The van der Waals surface area contributed by atoms with Crippen molar-refractivity contribution in [1.82, 2.24) is 9.97 Å². The Morgan fingerprint density at radius 3 is 2.63 bits per heavy atom. The van der Waals surface area contributed by atoms with Crippen molar-refractivity contribution < 1.29 is 8.78 Å². The Balaban J connectivity index is 2.50. The average molecular weight is 368 g/mol. The van der Waals surface area contributed by atoms with Crippen LogP contribution in [-0.2, 0) is 5.88 Å². The molecule has 2 rings (SSSR count). The van der Waals surface area contributed by atoms with E-state index in [0.717, 1.165) is 0 Å². The molecule has 0 saturated carbocycles. The third-order valence-corrected chi connectivity index (χ3v) is 3.93. The summed E-state index contributed by atoms with van der Waals surface area (Å²) in [4.78, 5) is 7.92. The fourth-order valence-electron chi connectivity index (χ4n) is 1.49. The quantitative estimate of drug-likeness (QED) is 0.693. The lowest BCUT2D eigenvalue weighted by Crippen LogP contribution is -2.01. The molecule has 2 aromatic rings. The number of rotatable bonds is 3. The van der Waals surface area contributed by atoms with Gasteiger partial charge in [-0.25, -0.2) is 18.7 Å². The van der Waals surface area contributed by atoms with Crippen LogP contribution in [0, 0.1) is 0 Å². The molecule has 0 bridgehead atoms. The van der Waals surface area contributed by atoms with Crippen LogP contribution >= 0.6 is 39.1 Å². The number of nitrogens with zero attached hydrogens (tertiary/aromatic N) is 2. The first-order chi connectivity index (χ1) is 9.02. The summed E-state index contributed by atoms with van der Waals surface area (Å²) in [5.41, 5.74) is 0.485. The van der Waals surface area contributed by atoms with Crippen molar-refractivity contribution >= 4 is 39.1 Å². The molecule has 0 aliphatic carbocycles. The van der Waals surface area contributed by atoms with E-state index >= 15 is 0 Å². The van der Waals surface area contributed by atoms with Crippen molar-refractivity contribution in [2.45, 2.75) is 12.3 Å². The van der Waals surface area contributed by atoms with Crippen molar-refractivity contribution in [3.8, 4) is 11.4 Å². The second-order valence-electron chi connectivity index (χ2n) is 3.67. The van der Waals surface area contributed by atoms with Gasteiger partial charge in [0.1, 0.15) is 5.69 Å². The Morgan fingerprint density at radius 1 is 1.32 bits per heavy atom. The SMILES string of the molecule is FC(F)c1nc(-c2ccc(Cl)c(Br)c2)ncc1CCl. The Kier molecular flexibility index (Phi) is 4.71. The second-order valence-corrected chi connectivity index (χ2v) is 5.20. The molecule has 1 aromatic heterocycles. The predicted molar refractivity (Wildman–Crippen MR) is 74.7 cm³/mol. The van der Waals surface area contributed by atoms with Gasteiger partial charge in [-0.1, -0.05) is 11.6 Å². The zero-order chi connectivity index (χ0) is 14.0. The topological polar surface area (TPSA) is 25.8 Å². The van der Waals surface area contributed by atoms with Crippen LogP contribution in [0.15, 0.2) is 28.9 Å². The Hall–Kier alpha value is -0.780. The minimum Gasteiger partial charge on any atom is -0.236 e. The first-order valence-corrected chi connectivity index (χ1v) is 6.89. The Labute approximate surface area is 126 Å². The average Bonchev–Trinajstić information content (AvgIpc) is 2.41. The lowest BCUT2D eigenvalue weighted by Gasteiger charge is -2.08. The van der Waals surface area contributed by atoms with Crippen LogP contribution in [-0.4, -0.2) is 9.97 Å². The van der Waals surface area contributed by atoms with E-state index in [4.69, 9.17) is 23.2 Å². The molecule has 0 fully saturated rings. The van der Waals surface area contributed by atoms with Gasteiger partial charge in [-0.2, -0.15) is 0 Å². The highest BCUT2D eigenvalue weighted by atomic mass is 79.9. The molecule has 0 spiro atoms. The molecule has 7 heteroatoms. The smallest absolute Gasteiger partial charge is 0.236 e. The third-order valence-electron chi connectivity index (χ3n) is 2.43. The molecule has 0 saturated heterocycles. The highest BCUT2D eigenvalue weighted by molar-refractivity contribution is 9.10. The van der Waals surface area contributed by atoms with Crippen LogP contribution in [0.2, 0.25) is 5.02 Å². The molecule has 0 radical (unpaired) electrons. The fourth-order valence-corrected chi connectivity index (χ4v) is 2.19. The standard InChI is InChI=1S/C12H7BrCl2F2N2/c13-8-3-6(1-2-9(8)15)12-18-5-7(4-14)10(19-12)11(16)17/h1-3,5,11H,4H2. The highest BCUT2D eigenvalue weighted by Crippen LogP contribution is 2.29.